The molecule has 1 heterocycles. The van der Waals surface area contributed by atoms with Crippen molar-refractivity contribution in [2.75, 3.05) is 21.3 Å². The van der Waals surface area contributed by atoms with Crippen molar-refractivity contribution in [1.82, 2.24) is 9.88 Å². The zero-order valence-electron chi connectivity index (χ0n) is 18.6. The number of nitrogens with zero attached hydrogens (tertiary/aromatic N) is 1. The van der Waals surface area contributed by atoms with E-state index in [1.54, 1.807) is 19.2 Å². The van der Waals surface area contributed by atoms with E-state index < -0.39 is 23.0 Å². The number of methoxy groups -OCH3 is 3. The van der Waals surface area contributed by atoms with Crippen molar-refractivity contribution in [1.29, 1.82) is 0 Å². The summed E-state index contributed by atoms with van der Waals surface area (Å²) in [4.78, 5) is 39.0. The van der Waals surface area contributed by atoms with Crippen molar-refractivity contribution in [2.24, 2.45) is 7.05 Å². The van der Waals surface area contributed by atoms with Gasteiger partial charge in [-0.2, -0.15) is 0 Å². The highest BCUT2D eigenvalue weighted by Crippen LogP contribution is 2.35. The summed E-state index contributed by atoms with van der Waals surface area (Å²) in [5, 5.41) is 3.52. The molecule has 0 aliphatic heterocycles. The summed E-state index contributed by atoms with van der Waals surface area (Å²) in [5.74, 6) is -0.144. The van der Waals surface area contributed by atoms with E-state index >= 15 is 0 Å². The molecule has 8 heteroatoms. The second-order valence-electron chi connectivity index (χ2n) is 7.96. The second kappa shape index (κ2) is 9.41. The maximum absolute atomic E-state index is 13.2. The van der Waals surface area contributed by atoms with Crippen molar-refractivity contribution in [3.63, 3.8) is 0 Å². The third-order valence-corrected chi connectivity index (χ3v) is 6.10. The van der Waals surface area contributed by atoms with Crippen molar-refractivity contribution >= 4 is 22.8 Å². The summed E-state index contributed by atoms with van der Waals surface area (Å²) in [5.41, 5.74) is -1.11. The Kier molecular flexibility index (Phi) is 6.87. The Hall–Kier alpha value is -3.03. The zero-order chi connectivity index (χ0) is 22.6. The summed E-state index contributed by atoms with van der Waals surface area (Å²) in [6.45, 7) is 0. The first-order valence-corrected chi connectivity index (χ1v) is 10.5. The lowest BCUT2D eigenvalue weighted by Crippen LogP contribution is -2.56. The first-order chi connectivity index (χ1) is 14.9. The summed E-state index contributed by atoms with van der Waals surface area (Å²) in [7, 11) is 5.92. The minimum absolute atomic E-state index is 0.0347. The van der Waals surface area contributed by atoms with E-state index in [-0.39, 0.29) is 5.56 Å². The number of pyridine rings is 1. The number of carbonyl (C=O) groups is 2. The molecule has 1 fully saturated rings. The number of nitrogens with one attached hydrogen (secondary N) is 1. The van der Waals surface area contributed by atoms with Crippen LogP contribution in [0.25, 0.3) is 10.9 Å². The molecule has 8 nitrogen and oxygen atoms in total. The van der Waals surface area contributed by atoms with Gasteiger partial charge in [0, 0.05) is 12.4 Å². The molecular formula is C23H30N2O6. The molecule has 1 N–H and O–H groups in total. The molecule has 1 aromatic carbocycles. The molecule has 1 aromatic heterocycles. The van der Waals surface area contributed by atoms with Gasteiger partial charge >= 0.3 is 5.97 Å². The van der Waals surface area contributed by atoms with Gasteiger partial charge in [-0.15, -0.1) is 0 Å². The molecule has 0 atom stereocenters. The fourth-order valence-electron chi connectivity index (χ4n) is 4.42. The zero-order valence-corrected chi connectivity index (χ0v) is 18.6. The van der Waals surface area contributed by atoms with Gasteiger partial charge in [0.15, 0.2) is 11.5 Å². The van der Waals surface area contributed by atoms with E-state index in [4.69, 9.17) is 14.2 Å². The third kappa shape index (κ3) is 4.24. The first-order valence-electron chi connectivity index (χ1n) is 10.5. The molecule has 2 aromatic rings. The summed E-state index contributed by atoms with van der Waals surface area (Å²) < 4.78 is 17.2. The molecule has 168 valence electrons. The molecule has 31 heavy (non-hydrogen) atoms. The molecule has 1 aliphatic carbocycles. The van der Waals surface area contributed by atoms with Crippen LogP contribution in [-0.4, -0.2) is 43.3 Å². The van der Waals surface area contributed by atoms with Gasteiger partial charge in [0.2, 0.25) is 0 Å². The van der Waals surface area contributed by atoms with Crippen molar-refractivity contribution in [3.05, 3.63) is 34.1 Å². The fraction of sp³-hybridized carbons (Fsp3) is 0.522. The molecule has 1 saturated carbocycles. The van der Waals surface area contributed by atoms with Crippen LogP contribution in [0.3, 0.4) is 0 Å². The number of rotatable bonds is 5. The molecular weight excluding hydrogens is 400 g/mol. The SMILES string of the molecule is COC(=O)C1(NC(=O)c2cc3ccc(OC)c(OC)c3n(C)c2=O)CCCCCCC1. The van der Waals surface area contributed by atoms with Gasteiger partial charge in [-0.1, -0.05) is 32.1 Å². The quantitative estimate of drug-likeness (QED) is 0.733. The van der Waals surface area contributed by atoms with Crippen LogP contribution in [0, 0.1) is 0 Å². The maximum atomic E-state index is 13.2. The van der Waals surface area contributed by atoms with Crippen molar-refractivity contribution in [2.45, 2.75) is 50.5 Å². The summed E-state index contributed by atoms with van der Waals surface area (Å²) in [6, 6.07) is 5.01. The Morgan fingerprint density at radius 2 is 1.65 bits per heavy atom. The lowest BCUT2D eigenvalue weighted by atomic mass is 9.83. The van der Waals surface area contributed by atoms with Crippen molar-refractivity contribution in [3.8, 4) is 11.5 Å². The Labute approximate surface area is 181 Å². The number of amides is 1. The summed E-state index contributed by atoms with van der Waals surface area (Å²) >= 11 is 0. The van der Waals surface area contributed by atoms with Crippen LogP contribution in [-0.2, 0) is 16.6 Å². The van der Waals surface area contributed by atoms with Crippen LogP contribution in [0.5, 0.6) is 11.5 Å². The van der Waals surface area contributed by atoms with Gasteiger partial charge in [0.25, 0.3) is 11.5 Å². The minimum Gasteiger partial charge on any atom is -0.493 e. The van der Waals surface area contributed by atoms with Gasteiger partial charge < -0.3 is 24.1 Å². The number of benzene rings is 1. The number of carbonyl (C=O) groups excluding carboxylic acids is 2. The number of hydrogen-bond donors (Lipinski definition) is 1. The smallest absolute Gasteiger partial charge is 0.331 e. The highest BCUT2D eigenvalue weighted by atomic mass is 16.5. The van der Waals surface area contributed by atoms with Crippen LogP contribution in [0.4, 0.5) is 0 Å². The second-order valence-corrected chi connectivity index (χ2v) is 7.96. The Morgan fingerprint density at radius 1 is 1.00 bits per heavy atom. The number of esters is 1. The molecule has 1 aliphatic rings. The highest BCUT2D eigenvalue weighted by Gasteiger charge is 2.41. The predicted octanol–water partition coefficient (Wildman–Crippen LogP) is 2.94. The third-order valence-electron chi connectivity index (χ3n) is 6.10. The number of hydrogen-bond acceptors (Lipinski definition) is 6. The van der Waals surface area contributed by atoms with Gasteiger partial charge in [0.05, 0.1) is 26.8 Å². The molecule has 3 rings (SSSR count). The standard InChI is InChI=1S/C23H30N2O6/c1-25-18-15(10-11-17(29-2)19(18)30-3)14-16(21(25)27)20(26)24-23(22(28)31-4)12-8-6-5-7-9-13-23/h10-11,14H,5-9,12-13H2,1-4H3,(H,24,26). The molecule has 0 radical (unpaired) electrons. The van der Waals surface area contributed by atoms with Crippen LogP contribution >= 0.6 is 0 Å². The van der Waals surface area contributed by atoms with Gasteiger partial charge in [-0.05, 0) is 31.0 Å². The lowest BCUT2D eigenvalue weighted by molar-refractivity contribution is -0.149. The van der Waals surface area contributed by atoms with Crippen LogP contribution in [0.2, 0.25) is 0 Å². The lowest BCUT2D eigenvalue weighted by Gasteiger charge is -2.33. The highest BCUT2D eigenvalue weighted by molar-refractivity contribution is 6.01. The Balaban J connectivity index is 2.06. The first kappa shape index (κ1) is 22.7. The number of aromatic nitrogens is 1. The number of ether oxygens (including phenoxy) is 3. The van der Waals surface area contributed by atoms with E-state index in [1.807, 2.05) is 0 Å². The minimum atomic E-state index is -1.12. The molecule has 0 unspecified atom stereocenters. The van der Waals surface area contributed by atoms with E-state index in [2.05, 4.69) is 5.32 Å². The van der Waals surface area contributed by atoms with E-state index in [0.29, 0.717) is 35.2 Å². The fourth-order valence-corrected chi connectivity index (χ4v) is 4.42. The summed E-state index contributed by atoms with van der Waals surface area (Å²) in [6.07, 6.45) is 5.70. The average Bonchev–Trinajstić information content (AvgIpc) is 2.76. The monoisotopic (exact) mass is 430 g/mol. The molecule has 0 saturated heterocycles. The topological polar surface area (TPSA) is 95.9 Å². The number of aryl methyl sites for hydroxylation is 1. The van der Waals surface area contributed by atoms with E-state index in [0.717, 1.165) is 32.1 Å². The van der Waals surface area contributed by atoms with Crippen molar-refractivity contribution < 1.29 is 23.8 Å². The predicted molar refractivity (Wildman–Crippen MR) is 117 cm³/mol. The average molecular weight is 431 g/mol. The number of fused-ring (bicyclic) bond motifs is 1. The maximum Gasteiger partial charge on any atom is 0.331 e. The van der Waals surface area contributed by atoms with E-state index in [1.165, 1.54) is 32.0 Å². The van der Waals surface area contributed by atoms with Crippen LogP contribution in [0.15, 0.2) is 23.0 Å². The van der Waals surface area contributed by atoms with Gasteiger partial charge in [0.1, 0.15) is 11.1 Å². The van der Waals surface area contributed by atoms with Crippen LogP contribution in [0.1, 0.15) is 55.3 Å². The Morgan fingerprint density at radius 3 is 2.23 bits per heavy atom. The molecule has 0 spiro atoms. The molecule has 0 bridgehead atoms. The largest absolute Gasteiger partial charge is 0.493 e. The van der Waals surface area contributed by atoms with Crippen LogP contribution < -0.4 is 20.3 Å². The van der Waals surface area contributed by atoms with Gasteiger partial charge in [-0.25, -0.2) is 4.79 Å². The molecule has 1 amide bonds. The van der Waals surface area contributed by atoms with Gasteiger partial charge in [-0.3, -0.25) is 9.59 Å². The Bertz CT molecular complexity index is 1030. The normalized spacial score (nSPS) is 16.1. The van der Waals surface area contributed by atoms with E-state index in [9.17, 15) is 14.4 Å².